The highest BCUT2D eigenvalue weighted by molar-refractivity contribution is 6.30. The maximum absolute atomic E-state index is 6.66. The average molecular weight is 314 g/mol. The molecule has 2 aliphatic rings. The van der Waals surface area contributed by atoms with Crippen LogP contribution in [0.2, 0.25) is 5.02 Å². The van der Waals surface area contributed by atoms with Gasteiger partial charge in [0.15, 0.2) is 0 Å². The van der Waals surface area contributed by atoms with Gasteiger partial charge in [-0.1, -0.05) is 48.0 Å². The van der Waals surface area contributed by atoms with Gasteiger partial charge in [0.25, 0.3) is 0 Å². The van der Waals surface area contributed by atoms with Gasteiger partial charge in [-0.25, -0.2) is 0 Å². The van der Waals surface area contributed by atoms with Crippen molar-refractivity contribution < 1.29 is 4.74 Å². The average Bonchev–Trinajstić information content (AvgIpc) is 2.87. The molecule has 3 heteroatoms. The number of ether oxygens (including phenoxy) is 1. The standard InChI is InChI=1S/C19H20ClNO/c1-21-12-10-19(11-13-21)17-5-3-2-4-16(17)18(22-19)14-6-8-15(20)9-7-14/h2-9,18H,10-13H2,1H3/t18-/m1/s1. The van der Waals surface area contributed by atoms with Crippen LogP contribution < -0.4 is 0 Å². The van der Waals surface area contributed by atoms with Crippen LogP contribution in [0.5, 0.6) is 0 Å². The maximum Gasteiger partial charge on any atom is 0.109 e. The van der Waals surface area contributed by atoms with Gasteiger partial charge in [0.2, 0.25) is 0 Å². The van der Waals surface area contributed by atoms with Crippen molar-refractivity contribution in [1.82, 2.24) is 4.90 Å². The van der Waals surface area contributed by atoms with Crippen LogP contribution in [0.15, 0.2) is 48.5 Å². The Hall–Kier alpha value is -1.35. The van der Waals surface area contributed by atoms with Gasteiger partial charge in [0, 0.05) is 18.1 Å². The van der Waals surface area contributed by atoms with Crippen molar-refractivity contribution in [2.24, 2.45) is 0 Å². The fourth-order valence-electron chi connectivity index (χ4n) is 3.75. The van der Waals surface area contributed by atoms with E-state index in [0.717, 1.165) is 31.0 Å². The maximum atomic E-state index is 6.66. The highest BCUT2D eigenvalue weighted by atomic mass is 35.5. The van der Waals surface area contributed by atoms with Gasteiger partial charge in [-0.05, 0) is 48.7 Å². The van der Waals surface area contributed by atoms with Crippen molar-refractivity contribution in [2.45, 2.75) is 24.5 Å². The molecule has 2 heterocycles. The molecule has 2 aromatic rings. The molecule has 0 amide bonds. The van der Waals surface area contributed by atoms with E-state index in [2.05, 4.69) is 48.3 Å². The normalized spacial score (nSPS) is 23.6. The number of halogens is 1. The largest absolute Gasteiger partial charge is 0.358 e. The number of hydrogen-bond acceptors (Lipinski definition) is 2. The molecule has 2 aromatic carbocycles. The molecule has 0 bridgehead atoms. The third-order valence-electron chi connectivity index (χ3n) is 5.05. The second kappa shape index (κ2) is 5.38. The minimum Gasteiger partial charge on any atom is -0.358 e. The topological polar surface area (TPSA) is 12.5 Å². The molecule has 1 fully saturated rings. The van der Waals surface area contributed by atoms with E-state index in [-0.39, 0.29) is 11.7 Å². The molecular formula is C19H20ClNO. The Morgan fingerprint density at radius 2 is 1.73 bits per heavy atom. The third kappa shape index (κ3) is 2.26. The second-order valence-electron chi connectivity index (χ2n) is 6.43. The van der Waals surface area contributed by atoms with Crippen LogP contribution in [0.25, 0.3) is 0 Å². The Morgan fingerprint density at radius 3 is 2.45 bits per heavy atom. The molecule has 0 unspecified atom stereocenters. The van der Waals surface area contributed by atoms with Crippen molar-refractivity contribution in [3.8, 4) is 0 Å². The van der Waals surface area contributed by atoms with E-state index in [0.29, 0.717) is 0 Å². The van der Waals surface area contributed by atoms with Crippen molar-refractivity contribution in [2.75, 3.05) is 20.1 Å². The summed E-state index contributed by atoms with van der Waals surface area (Å²) < 4.78 is 6.66. The fraction of sp³-hybridized carbons (Fsp3) is 0.368. The summed E-state index contributed by atoms with van der Waals surface area (Å²) >= 11 is 6.03. The van der Waals surface area contributed by atoms with Gasteiger partial charge in [0.05, 0.1) is 5.60 Å². The Bertz CT molecular complexity index is 674. The molecule has 114 valence electrons. The minimum absolute atomic E-state index is 0.0249. The van der Waals surface area contributed by atoms with E-state index in [1.165, 1.54) is 16.7 Å². The molecule has 1 atom stereocenters. The zero-order valence-corrected chi connectivity index (χ0v) is 13.5. The molecule has 1 saturated heterocycles. The first-order valence-corrected chi connectivity index (χ1v) is 8.27. The lowest BCUT2D eigenvalue weighted by atomic mass is 9.83. The second-order valence-corrected chi connectivity index (χ2v) is 6.87. The van der Waals surface area contributed by atoms with Crippen LogP contribution >= 0.6 is 11.6 Å². The summed E-state index contributed by atoms with van der Waals surface area (Å²) in [7, 11) is 2.18. The fourth-order valence-corrected chi connectivity index (χ4v) is 3.87. The quantitative estimate of drug-likeness (QED) is 0.774. The number of benzene rings is 2. The van der Waals surface area contributed by atoms with Crippen molar-refractivity contribution in [1.29, 1.82) is 0 Å². The number of nitrogens with zero attached hydrogens (tertiary/aromatic N) is 1. The molecule has 0 saturated carbocycles. The molecule has 1 spiro atoms. The number of hydrogen-bond donors (Lipinski definition) is 0. The molecule has 4 rings (SSSR count). The van der Waals surface area contributed by atoms with E-state index in [9.17, 15) is 0 Å². The van der Waals surface area contributed by atoms with Crippen molar-refractivity contribution in [3.05, 3.63) is 70.2 Å². The highest BCUT2D eigenvalue weighted by Gasteiger charge is 2.46. The predicted molar refractivity (Wildman–Crippen MR) is 89.2 cm³/mol. The van der Waals surface area contributed by atoms with Gasteiger partial charge in [0.1, 0.15) is 6.10 Å². The molecule has 0 N–H and O–H groups in total. The molecular weight excluding hydrogens is 294 g/mol. The molecule has 22 heavy (non-hydrogen) atoms. The van der Waals surface area contributed by atoms with Gasteiger partial charge >= 0.3 is 0 Å². The van der Waals surface area contributed by atoms with Crippen LogP contribution in [0.3, 0.4) is 0 Å². The first-order valence-electron chi connectivity index (χ1n) is 7.89. The zero-order valence-electron chi connectivity index (χ0n) is 12.8. The number of likely N-dealkylation sites (tertiary alicyclic amines) is 1. The molecule has 0 radical (unpaired) electrons. The van der Waals surface area contributed by atoms with Gasteiger partial charge in [-0.3, -0.25) is 0 Å². The van der Waals surface area contributed by atoms with Crippen molar-refractivity contribution in [3.63, 3.8) is 0 Å². The van der Waals surface area contributed by atoms with E-state index in [4.69, 9.17) is 16.3 Å². The lowest BCUT2D eigenvalue weighted by Gasteiger charge is -2.38. The highest BCUT2D eigenvalue weighted by Crippen LogP contribution is 2.51. The Morgan fingerprint density at radius 1 is 1.05 bits per heavy atom. The summed E-state index contributed by atoms with van der Waals surface area (Å²) in [6.45, 7) is 2.17. The molecule has 2 nitrogen and oxygen atoms in total. The van der Waals surface area contributed by atoms with Crippen LogP contribution in [-0.4, -0.2) is 25.0 Å². The van der Waals surface area contributed by atoms with Gasteiger partial charge in [-0.2, -0.15) is 0 Å². The summed E-state index contributed by atoms with van der Waals surface area (Å²) in [6, 6.07) is 16.8. The number of fused-ring (bicyclic) bond motifs is 2. The molecule has 2 aliphatic heterocycles. The van der Waals surface area contributed by atoms with E-state index in [1.54, 1.807) is 0 Å². The Balaban J connectivity index is 1.75. The van der Waals surface area contributed by atoms with Crippen molar-refractivity contribution >= 4 is 11.6 Å². The first-order chi connectivity index (χ1) is 10.7. The number of rotatable bonds is 1. The summed E-state index contributed by atoms with van der Waals surface area (Å²) in [6.07, 6.45) is 2.15. The lowest BCUT2D eigenvalue weighted by molar-refractivity contribution is -0.0941. The molecule has 0 aliphatic carbocycles. The first kappa shape index (κ1) is 14.3. The Kier molecular flexibility index (Phi) is 3.48. The Labute approximate surface area is 136 Å². The summed E-state index contributed by atoms with van der Waals surface area (Å²) in [5.41, 5.74) is 3.76. The third-order valence-corrected chi connectivity index (χ3v) is 5.30. The van der Waals surface area contributed by atoms with Gasteiger partial charge < -0.3 is 9.64 Å². The molecule has 0 aromatic heterocycles. The SMILES string of the molecule is CN1CCC2(CC1)O[C@H](c1ccc(Cl)cc1)c1ccccc12. The predicted octanol–water partition coefficient (Wildman–Crippen LogP) is 4.38. The van der Waals surface area contributed by atoms with Crippen LogP contribution in [0.4, 0.5) is 0 Å². The van der Waals surface area contributed by atoms with E-state index in [1.807, 2.05) is 12.1 Å². The van der Waals surface area contributed by atoms with E-state index >= 15 is 0 Å². The summed E-state index contributed by atoms with van der Waals surface area (Å²) in [5, 5.41) is 0.768. The number of piperidine rings is 1. The summed E-state index contributed by atoms with van der Waals surface area (Å²) in [5.74, 6) is 0. The summed E-state index contributed by atoms with van der Waals surface area (Å²) in [4.78, 5) is 2.38. The monoisotopic (exact) mass is 313 g/mol. The smallest absolute Gasteiger partial charge is 0.109 e. The van der Waals surface area contributed by atoms with E-state index < -0.39 is 0 Å². The van der Waals surface area contributed by atoms with Gasteiger partial charge in [-0.15, -0.1) is 0 Å². The zero-order chi connectivity index (χ0) is 15.2. The minimum atomic E-state index is -0.118. The van der Waals surface area contributed by atoms with Crippen LogP contribution in [0, 0.1) is 0 Å². The van der Waals surface area contributed by atoms with Crippen LogP contribution in [0.1, 0.15) is 35.6 Å². The lowest BCUT2D eigenvalue weighted by Crippen LogP contribution is -2.40. The van der Waals surface area contributed by atoms with Crippen LogP contribution in [-0.2, 0) is 10.3 Å².